The molecule has 0 N–H and O–H groups in total. The second kappa shape index (κ2) is 6.13. The average Bonchev–Trinajstić information content (AvgIpc) is 2.94. The zero-order valence-corrected chi connectivity index (χ0v) is 12.8. The number of hydrogen-bond acceptors (Lipinski definition) is 5. The van der Waals surface area contributed by atoms with Crippen molar-refractivity contribution in [3.63, 3.8) is 0 Å². The van der Waals surface area contributed by atoms with Crippen molar-refractivity contribution in [3.8, 4) is 6.07 Å². The lowest BCUT2D eigenvalue weighted by atomic mass is 9.76. The van der Waals surface area contributed by atoms with E-state index in [9.17, 15) is 4.79 Å². The summed E-state index contributed by atoms with van der Waals surface area (Å²) in [5.74, 6) is 0.108. The fourth-order valence-corrected chi connectivity index (χ4v) is 2.84. The number of ether oxygens (including phenoxy) is 1. The Labute approximate surface area is 125 Å². The van der Waals surface area contributed by atoms with E-state index in [4.69, 9.17) is 10.00 Å². The predicted molar refractivity (Wildman–Crippen MR) is 79.7 cm³/mol. The van der Waals surface area contributed by atoms with Crippen LogP contribution >= 0.6 is 0 Å². The number of nitrogens with zero attached hydrogens (tertiary/aromatic N) is 3. The Morgan fingerprint density at radius 3 is 2.86 bits per heavy atom. The lowest BCUT2D eigenvalue weighted by Crippen LogP contribution is -2.40. The van der Waals surface area contributed by atoms with Gasteiger partial charge in [0.25, 0.3) is 0 Å². The van der Waals surface area contributed by atoms with Gasteiger partial charge in [0, 0.05) is 13.1 Å². The van der Waals surface area contributed by atoms with Crippen LogP contribution in [0.1, 0.15) is 32.9 Å². The summed E-state index contributed by atoms with van der Waals surface area (Å²) in [4.78, 5) is 18.6. The van der Waals surface area contributed by atoms with Gasteiger partial charge < -0.3 is 9.64 Å². The first kappa shape index (κ1) is 15.3. The molecule has 0 aliphatic carbocycles. The van der Waals surface area contributed by atoms with Gasteiger partial charge in [0.15, 0.2) is 0 Å². The summed E-state index contributed by atoms with van der Waals surface area (Å²) < 4.78 is 5.29. The summed E-state index contributed by atoms with van der Waals surface area (Å²) in [6.07, 6.45) is 2.48. The third-order valence-corrected chi connectivity index (χ3v) is 4.32. The lowest BCUT2D eigenvalue weighted by Gasteiger charge is -2.31. The predicted octanol–water partition coefficient (Wildman–Crippen LogP) is 2.37. The number of pyridine rings is 1. The zero-order valence-electron chi connectivity index (χ0n) is 12.8. The Balaban J connectivity index is 2.19. The highest BCUT2D eigenvalue weighted by Crippen LogP contribution is 2.40. The Morgan fingerprint density at radius 1 is 1.57 bits per heavy atom. The van der Waals surface area contributed by atoms with E-state index in [0.717, 1.165) is 18.7 Å². The first-order valence-electron chi connectivity index (χ1n) is 7.32. The third kappa shape index (κ3) is 2.85. The highest BCUT2D eigenvalue weighted by atomic mass is 16.5. The molecule has 1 saturated heterocycles. The molecule has 0 aromatic carbocycles. The molecule has 5 nitrogen and oxygen atoms in total. The molecule has 1 aromatic rings. The van der Waals surface area contributed by atoms with Crippen molar-refractivity contribution in [3.05, 3.63) is 24.0 Å². The molecule has 1 atom stereocenters. The minimum Gasteiger partial charge on any atom is -0.466 e. The van der Waals surface area contributed by atoms with E-state index in [1.165, 1.54) is 0 Å². The van der Waals surface area contributed by atoms with Gasteiger partial charge in [-0.05, 0) is 31.4 Å². The topological polar surface area (TPSA) is 66.2 Å². The molecule has 2 rings (SSSR count). The maximum atomic E-state index is 12.4. The first-order valence-corrected chi connectivity index (χ1v) is 7.32. The Morgan fingerprint density at radius 2 is 2.33 bits per heavy atom. The standard InChI is InChI=1S/C16H21N3O2/c1-4-21-15(20)16(12(2)3)7-8-19(11-16)14-6-5-13(9-17)18-10-14/h5-6,10,12H,4,7-8,11H2,1-3H3/t16-/m0/s1. The molecule has 0 spiro atoms. The summed E-state index contributed by atoms with van der Waals surface area (Å²) in [6, 6.07) is 5.60. The second-order valence-corrected chi connectivity index (χ2v) is 5.72. The molecule has 21 heavy (non-hydrogen) atoms. The number of anilines is 1. The summed E-state index contributed by atoms with van der Waals surface area (Å²) in [5, 5.41) is 8.79. The SMILES string of the molecule is CCOC(=O)[C@@]1(C(C)C)CCN(c2ccc(C#N)nc2)C1. The minimum absolute atomic E-state index is 0.107. The van der Waals surface area contributed by atoms with Gasteiger partial charge in [0.05, 0.1) is 23.9 Å². The Hall–Kier alpha value is -2.09. The largest absolute Gasteiger partial charge is 0.466 e. The van der Waals surface area contributed by atoms with Crippen LogP contribution in [0.4, 0.5) is 5.69 Å². The number of aromatic nitrogens is 1. The van der Waals surface area contributed by atoms with E-state index >= 15 is 0 Å². The molecule has 0 saturated carbocycles. The van der Waals surface area contributed by atoms with Crippen molar-refractivity contribution in [2.75, 3.05) is 24.6 Å². The summed E-state index contributed by atoms with van der Waals surface area (Å²) in [7, 11) is 0. The van der Waals surface area contributed by atoms with Gasteiger partial charge >= 0.3 is 5.97 Å². The van der Waals surface area contributed by atoms with Crippen LogP contribution in [0.5, 0.6) is 0 Å². The molecule has 1 aliphatic rings. The van der Waals surface area contributed by atoms with Crippen molar-refractivity contribution in [2.24, 2.45) is 11.3 Å². The summed E-state index contributed by atoms with van der Waals surface area (Å²) in [6.45, 7) is 7.81. The Bertz CT molecular complexity index is 548. The molecule has 5 heteroatoms. The number of carbonyl (C=O) groups is 1. The van der Waals surface area contributed by atoms with E-state index in [2.05, 4.69) is 23.7 Å². The van der Waals surface area contributed by atoms with Crippen molar-refractivity contribution in [1.29, 1.82) is 5.26 Å². The number of hydrogen-bond donors (Lipinski definition) is 0. The third-order valence-electron chi connectivity index (χ3n) is 4.32. The van der Waals surface area contributed by atoms with Crippen LogP contribution in [0.2, 0.25) is 0 Å². The molecule has 0 unspecified atom stereocenters. The van der Waals surface area contributed by atoms with Gasteiger partial charge in [0.2, 0.25) is 0 Å². The van der Waals surface area contributed by atoms with E-state index < -0.39 is 5.41 Å². The average molecular weight is 287 g/mol. The van der Waals surface area contributed by atoms with Crippen LogP contribution in [0.3, 0.4) is 0 Å². The van der Waals surface area contributed by atoms with Gasteiger partial charge in [-0.25, -0.2) is 4.98 Å². The van der Waals surface area contributed by atoms with Gasteiger partial charge in [-0.2, -0.15) is 5.26 Å². The molecule has 0 bridgehead atoms. The van der Waals surface area contributed by atoms with Crippen LogP contribution in [-0.2, 0) is 9.53 Å². The zero-order chi connectivity index (χ0) is 15.5. The number of esters is 1. The molecular formula is C16H21N3O2. The monoisotopic (exact) mass is 287 g/mol. The maximum Gasteiger partial charge on any atom is 0.314 e. The van der Waals surface area contributed by atoms with E-state index in [-0.39, 0.29) is 11.9 Å². The lowest BCUT2D eigenvalue weighted by molar-refractivity contribution is -0.156. The molecule has 2 heterocycles. The van der Waals surface area contributed by atoms with Gasteiger partial charge in [-0.1, -0.05) is 13.8 Å². The number of carbonyl (C=O) groups excluding carboxylic acids is 1. The van der Waals surface area contributed by atoms with Crippen molar-refractivity contribution in [2.45, 2.75) is 27.2 Å². The van der Waals surface area contributed by atoms with Crippen LogP contribution in [0.15, 0.2) is 18.3 Å². The second-order valence-electron chi connectivity index (χ2n) is 5.72. The van der Waals surface area contributed by atoms with Gasteiger partial charge in [-0.15, -0.1) is 0 Å². The molecule has 1 fully saturated rings. The van der Waals surface area contributed by atoms with E-state index in [1.54, 1.807) is 12.3 Å². The summed E-state index contributed by atoms with van der Waals surface area (Å²) in [5.41, 5.74) is 0.892. The fraction of sp³-hybridized carbons (Fsp3) is 0.562. The fourth-order valence-electron chi connectivity index (χ4n) is 2.84. The molecule has 0 radical (unpaired) electrons. The van der Waals surface area contributed by atoms with Crippen LogP contribution in [-0.4, -0.2) is 30.6 Å². The van der Waals surface area contributed by atoms with Crippen LogP contribution in [0, 0.1) is 22.7 Å². The van der Waals surface area contributed by atoms with Crippen LogP contribution < -0.4 is 4.90 Å². The highest BCUT2D eigenvalue weighted by molar-refractivity contribution is 5.79. The first-order chi connectivity index (χ1) is 10.0. The van der Waals surface area contributed by atoms with Crippen molar-refractivity contribution >= 4 is 11.7 Å². The van der Waals surface area contributed by atoms with E-state index in [1.807, 2.05) is 19.1 Å². The quantitative estimate of drug-likeness (QED) is 0.795. The van der Waals surface area contributed by atoms with Gasteiger partial charge in [-0.3, -0.25) is 4.79 Å². The van der Waals surface area contributed by atoms with Crippen molar-refractivity contribution < 1.29 is 9.53 Å². The summed E-state index contributed by atoms with van der Waals surface area (Å²) >= 11 is 0. The molecule has 112 valence electrons. The smallest absolute Gasteiger partial charge is 0.314 e. The minimum atomic E-state index is -0.454. The van der Waals surface area contributed by atoms with Crippen LogP contribution in [0.25, 0.3) is 0 Å². The van der Waals surface area contributed by atoms with Crippen molar-refractivity contribution in [1.82, 2.24) is 4.98 Å². The molecular weight excluding hydrogens is 266 g/mol. The molecule has 1 aromatic heterocycles. The highest BCUT2D eigenvalue weighted by Gasteiger charge is 2.48. The Kier molecular flexibility index (Phi) is 4.46. The van der Waals surface area contributed by atoms with E-state index in [0.29, 0.717) is 18.8 Å². The maximum absolute atomic E-state index is 12.4. The van der Waals surface area contributed by atoms with Gasteiger partial charge in [0.1, 0.15) is 11.8 Å². The molecule has 1 aliphatic heterocycles. The number of nitriles is 1. The molecule has 0 amide bonds. The number of rotatable bonds is 4. The normalized spacial score (nSPS) is 21.4.